The molecule has 6 nitrogen and oxygen atoms in total. The standard InChI is InChI=1S/C24H22N4O2S2/c1-29-19-10-18-21(11-20(19)30-2)32-24(26-18)27-23-17(12-25)16-8-9-28(14-22(16)31-23)13-15-6-4-3-5-7-15/h3-7,10-11H,8-9,13-14H2,1-2H3,(H,26,27). The molecule has 1 N–H and O–H groups in total. The Balaban J connectivity index is 1.40. The van der Waals surface area contributed by atoms with Crippen LogP contribution < -0.4 is 14.8 Å². The number of anilines is 2. The molecule has 1 aliphatic rings. The number of thiazole rings is 1. The molecule has 0 spiro atoms. The van der Waals surface area contributed by atoms with E-state index in [2.05, 4.69) is 40.6 Å². The first-order valence-corrected chi connectivity index (χ1v) is 11.9. The van der Waals surface area contributed by atoms with E-state index in [-0.39, 0.29) is 0 Å². The second-order valence-electron chi connectivity index (χ2n) is 7.58. The number of nitrogens with one attached hydrogen (secondary N) is 1. The highest BCUT2D eigenvalue weighted by Crippen LogP contribution is 2.41. The first-order valence-electron chi connectivity index (χ1n) is 10.3. The zero-order valence-corrected chi connectivity index (χ0v) is 19.5. The van der Waals surface area contributed by atoms with E-state index in [9.17, 15) is 5.26 Å². The number of thiophene rings is 1. The molecule has 0 aliphatic carbocycles. The van der Waals surface area contributed by atoms with Crippen LogP contribution >= 0.6 is 22.7 Å². The van der Waals surface area contributed by atoms with Crippen molar-refractivity contribution in [2.45, 2.75) is 19.5 Å². The highest BCUT2D eigenvalue weighted by atomic mass is 32.1. The molecule has 162 valence electrons. The second-order valence-corrected chi connectivity index (χ2v) is 9.72. The molecule has 8 heteroatoms. The van der Waals surface area contributed by atoms with Crippen molar-refractivity contribution in [2.24, 2.45) is 0 Å². The molecule has 0 saturated heterocycles. The van der Waals surface area contributed by atoms with E-state index in [0.29, 0.717) is 11.5 Å². The Kier molecular flexibility index (Phi) is 5.70. The van der Waals surface area contributed by atoms with Crippen LogP contribution in [0, 0.1) is 11.3 Å². The van der Waals surface area contributed by atoms with Crippen LogP contribution in [0.1, 0.15) is 21.6 Å². The molecule has 32 heavy (non-hydrogen) atoms. The molecule has 1 aliphatic heterocycles. The predicted octanol–water partition coefficient (Wildman–Crippen LogP) is 5.55. The summed E-state index contributed by atoms with van der Waals surface area (Å²) >= 11 is 3.20. The molecule has 5 rings (SSSR count). The van der Waals surface area contributed by atoms with Gasteiger partial charge in [0.15, 0.2) is 16.6 Å². The van der Waals surface area contributed by atoms with E-state index >= 15 is 0 Å². The Hall–Kier alpha value is -3.12. The Morgan fingerprint density at radius 1 is 1.12 bits per heavy atom. The SMILES string of the molecule is COc1cc2nc(Nc3sc4c(c3C#N)CCN(Cc3ccccc3)C4)sc2cc1OC. The van der Waals surface area contributed by atoms with Gasteiger partial charge in [0.1, 0.15) is 11.1 Å². The van der Waals surface area contributed by atoms with Gasteiger partial charge in [-0.25, -0.2) is 4.98 Å². The second kappa shape index (κ2) is 8.79. The molecule has 4 aromatic rings. The van der Waals surface area contributed by atoms with E-state index in [1.807, 2.05) is 18.2 Å². The van der Waals surface area contributed by atoms with Crippen LogP contribution in [0.4, 0.5) is 10.1 Å². The molecule has 0 amide bonds. The van der Waals surface area contributed by atoms with Gasteiger partial charge < -0.3 is 14.8 Å². The number of nitrogens with zero attached hydrogens (tertiary/aromatic N) is 3. The molecule has 0 atom stereocenters. The van der Waals surface area contributed by atoms with Crippen molar-refractivity contribution in [3.8, 4) is 17.6 Å². The van der Waals surface area contributed by atoms with Gasteiger partial charge in [0.2, 0.25) is 0 Å². The molecule has 0 fully saturated rings. The summed E-state index contributed by atoms with van der Waals surface area (Å²) in [5.41, 5.74) is 4.07. The topological polar surface area (TPSA) is 70.4 Å². The fraction of sp³-hybridized carbons (Fsp3) is 0.250. The number of fused-ring (bicyclic) bond motifs is 2. The van der Waals surface area contributed by atoms with Crippen LogP contribution in [0.15, 0.2) is 42.5 Å². The summed E-state index contributed by atoms with van der Waals surface area (Å²) in [6.45, 7) is 2.73. The molecule has 3 heterocycles. The minimum Gasteiger partial charge on any atom is -0.493 e. The monoisotopic (exact) mass is 462 g/mol. The summed E-state index contributed by atoms with van der Waals surface area (Å²) in [6, 6.07) is 16.8. The normalized spacial score (nSPS) is 13.5. The van der Waals surface area contributed by atoms with Crippen molar-refractivity contribution in [2.75, 3.05) is 26.1 Å². The van der Waals surface area contributed by atoms with Crippen LogP contribution in [0.5, 0.6) is 11.5 Å². The quantitative estimate of drug-likeness (QED) is 0.405. The zero-order chi connectivity index (χ0) is 22.1. The number of nitriles is 1. The number of benzene rings is 2. The summed E-state index contributed by atoms with van der Waals surface area (Å²) in [5, 5.41) is 14.9. The zero-order valence-electron chi connectivity index (χ0n) is 17.8. The number of methoxy groups -OCH3 is 2. The van der Waals surface area contributed by atoms with E-state index in [0.717, 1.165) is 52.0 Å². The van der Waals surface area contributed by atoms with Gasteiger partial charge in [0.25, 0.3) is 0 Å². The number of hydrogen-bond acceptors (Lipinski definition) is 8. The van der Waals surface area contributed by atoms with E-state index in [1.54, 1.807) is 25.6 Å². The first kappa shape index (κ1) is 20.8. The number of ether oxygens (including phenoxy) is 2. The van der Waals surface area contributed by atoms with Gasteiger partial charge in [0.05, 0.1) is 30.0 Å². The Bertz CT molecular complexity index is 1270. The van der Waals surface area contributed by atoms with Gasteiger partial charge in [-0.2, -0.15) is 5.26 Å². The molecule has 0 saturated carbocycles. The third kappa shape index (κ3) is 3.91. The molecular weight excluding hydrogens is 440 g/mol. The predicted molar refractivity (Wildman–Crippen MR) is 129 cm³/mol. The Morgan fingerprint density at radius 2 is 1.91 bits per heavy atom. The van der Waals surface area contributed by atoms with Crippen LogP contribution in [-0.4, -0.2) is 30.6 Å². The summed E-state index contributed by atoms with van der Waals surface area (Å²) in [7, 11) is 3.24. The summed E-state index contributed by atoms with van der Waals surface area (Å²) in [4.78, 5) is 8.40. The van der Waals surface area contributed by atoms with Gasteiger partial charge in [0, 0.05) is 36.6 Å². The molecular formula is C24H22N4O2S2. The van der Waals surface area contributed by atoms with Crippen molar-refractivity contribution in [1.29, 1.82) is 5.26 Å². The third-order valence-corrected chi connectivity index (χ3v) is 7.68. The molecule has 2 aromatic carbocycles. The fourth-order valence-electron chi connectivity index (χ4n) is 4.05. The van der Waals surface area contributed by atoms with E-state index in [4.69, 9.17) is 14.5 Å². The summed E-state index contributed by atoms with van der Waals surface area (Å²) in [5.74, 6) is 1.33. The Labute approximate surface area is 194 Å². The molecule has 0 radical (unpaired) electrons. The highest BCUT2D eigenvalue weighted by Gasteiger charge is 2.25. The van der Waals surface area contributed by atoms with Crippen molar-refractivity contribution in [3.05, 3.63) is 64.0 Å². The van der Waals surface area contributed by atoms with Gasteiger partial charge >= 0.3 is 0 Å². The number of hydrogen-bond donors (Lipinski definition) is 1. The average Bonchev–Trinajstić information content (AvgIpc) is 3.37. The number of rotatable bonds is 6. The van der Waals surface area contributed by atoms with Crippen LogP contribution in [-0.2, 0) is 19.5 Å². The smallest absolute Gasteiger partial charge is 0.188 e. The van der Waals surface area contributed by atoms with E-state index < -0.39 is 0 Å². The van der Waals surface area contributed by atoms with Crippen molar-refractivity contribution < 1.29 is 9.47 Å². The van der Waals surface area contributed by atoms with Crippen LogP contribution in [0.2, 0.25) is 0 Å². The third-order valence-electron chi connectivity index (χ3n) is 5.61. The maximum Gasteiger partial charge on any atom is 0.188 e. The molecule has 2 aromatic heterocycles. The lowest BCUT2D eigenvalue weighted by atomic mass is 10.0. The lowest BCUT2D eigenvalue weighted by molar-refractivity contribution is 0.249. The van der Waals surface area contributed by atoms with Gasteiger partial charge in [-0.3, -0.25) is 4.90 Å². The molecule has 0 bridgehead atoms. The first-order chi connectivity index (χ1) is 15.7. The fourth-order valence-corrected chi connectivity index (χ4v) is 6.23. The maximum atomic E-state index is 9.87. The van der Waals surface area contributed by atoms with Crippen LogP contribution in [0.3, 0.4) is 0 Å². The van der Waals surface area contributed by atoms with Crippen molar-refractivity contribution in [1.82, 2.24) is 9.88 Å². The lowest BCUT2D eigenvalue weighted by Gasteiger charge is -2.26. The van der Waals surface area contributed by atoms with Crippen molar-refractivity contribution >= 4 is 43.0 Å². The number of aromatic nitrogens is 1. The summed E-state index contributed by atoms with van der Waals surface area (Å²) < 4.78 is 11.8. The van der Waals surface area contributed by atoms with E-state index in [1.165, 1.54) is 27.3 Å². The maximum absolute atomic E-state index is 9.87. The Morgan fingerprint density at radius 3 is 2.66 bits per heavy atom. The minimum atomic E-state index is 0.652. The van der Waals surface area contributed by atoms with Gasteiger partial charge in [-0.1, -0.05) is 41.7 Å². The molecule has 0 unspecified atom stereocenters. The average molecular weight is 463 g/mol. The highest BCUT2D eigenvalue weighted by molar-refractivity contribution is 7.23. The van der Waals surface area contributed by atoms with Gasteiger partial charge in [-0.15, -0.1) is 11.3 Å². The van der Waals surface area contributed by atoms with Crippen LogP contribution in [0.25, 0.3) is 10.2 Å². The lowest BCUT2D eigenvalue weighted by Crippen LogP contribution is -2.29. The minimum absolute atomic E-state index is 0.652. The van der Waals surface area contributed by atoms with Gasteiger partial charge in [-0.05, 0) is 17.5 Å². The van der Waals surface area contributed by atoms with Crippen molar-refractivity contribution in [3.63, 3.8) is 0 Å². The largest absolute Gasteiger partial charge is 0.493 e. The summed E-state index contributed by atoms with van der Waals surface area (Å²) in [6.07, 6.45) is 0.886.